The van der Waals surface area contributed by atoms with Gasteiger partial charge < -0.3 is 5.11 Å². The predicted octanol–water partition coefficient (Wildman–Crippen LogP) is 3.41. The molecular formula is C11H12Cl2O. The highest BCUT2D eigenvalue weighted by Gasteiger charge is 2.39. The normalized spacial score (nSPS) is 19.1. The van der Waals surface area contributed by atoms with Crippen LogP contribution < -0.4 is 0 Å². The quantitative estimate of drug-likeness (QED) is 0.826. The van der Waals surface area contributed by atoms with Gasteiger partial charge in [0.15, 0.2) is 0 Å². The third kappa shape index (κ3) is 1.54. The molecule has 0 spiro atoms. The van der Waals surface area contributed by atoms with Gasteiger partial charge in [-0.2, -0.15) is 0 Å². The zero-order chi connectivity index (χ0) is 10.2. The van der Waals surface area contributed by atoms with E-state index in [4.69, 9.17) is 23.2 Å². The fraction of sp³-hybridized carbons (Fsp3) is 0.455. The van der Waals surface area contributed by atoms with E-state index in [1.807, 2.05) is 12.1 Å². The molecule has 0 unspecified atom stereocenters. The second-order valence-corrected chi connectivity index (χ2v) is 4.76. The van der Waals surface area contributed by atoms with Crippen LogP contribution in [0, 0.1) is 0 Å². The van der Waals surface area contributed by atoms with Crippen molar-refractivity contribution in [3.63, 3.8) is 0 Å². The van der Waals surface area contributed by atoms with Gasteiger partial charge in [0, 0.05) is 15.5 Å². The summed E-state index contributed by atoms with van der Waals surface area (Å²) in [5.41, 5.74) is 0.944. The minimum Gasteiger partial charge on any atom is -0.395 e. The van der Waals surface area contributed by atoms with E-state index in [9.17, 15) is 5.11 Å². The number of aliphatic hydroxyl groups is 1. The van der Waals surface area contributed by atoms with Crippen LogP contribution in [-0.4, -0.2) is 11.7 Å². The Hall–Kier alpha value is -0.240. The van der Waals surface area contributed by atoms with Crippen molar-refractivity contribution in [2.24, 2.45) is 0 Å². The van der Waals surface area contributed by atoms with Gasteiger partial charge in [-0.25, -0.2) is 0 Å². The Balaban J connectivity index is 2.40. The highest BCUT2D eigenvalue weighted by molar-refractivity contribution is 6.35. The summed E-state index contributed by atoms with van der Waals surface area (Å²) in [5.74, 6) is 0. The Morgan fingerprint density at radius 2 is 2.00 bits per heavy atom. The monoisotopic (exact) mass is 230 g/mol. The lowest BCUT2D eigenvalue weighted by Gasteiger charge is -2.41. The molecule has 1 N–H and O–H groups in total. The van der Waals surface area contributed by atoms with Crippen molar-refractivity contribution in [2.75, 3.05) is 6.61 Å². The molecule has 0 amide bonds. The van der Waals surface area contributed by atoms with Gasteiger partial charge in [0.25, 0.3) is 0 Å². The zero-order valence-corrected chi connectivity index (χ0v) is 9.28. The molecule has 1 saturated carbocycles. The van der Waals surface area contributed by atoms with E-state index in [0.717, 1.165) is 18.4 Å². The standard InChI is InChI=1S/C11H12Cl2O/c12-8-2-3-9(10(13)6-8)11(7-14)4-1-5-11/h2-3,6,14H,1,4-5,7H2. The van der Waals surface area contributed by atoms with Crippen LogP contribution in [0.3, 0.4) is 0 Å². The van der Waals surface area contributed by atoms with E-state index in [0.29, 0.717) is 10.0 Å². The van der Waals surface area contributed by atoms with Crippen LogP contribution in [0.25, 0.3) is 0 Å². The van der Waals surface area contributed by atoms with Crippen molar-refractivity contribution < 1.29 is 5.11 Å². The van der Waals surface area contributed by atoms with Crippen LogP contribution in [0.2, 0.25) is 10.0 Å². The first-order valence-electron chi connectivity index (χ1n) is 4.74. The molecule has 14 heavy (non-hydrogen) atoms. The summed E-state index contributed by atoms with van der Waals surface area (Å²) in [7, 11) is 0. The summed E-state index contributed by atoms with van der Waals surface area (Å²) in [6.07, 6.45) is 3.20. The molecule has 2 rings (SSSR count). The van der Waals surface area contributed by atoms with Crippen molar-refractivity contribution in [1.82, 2.24) is 0 Å². The van der Waals surface area contributed by atoms with Gasteiger partial charge >= 0.3 is 0 Å². The van der Waals surface area contributed by atoms with Crippen molar-refractivity contribution in [2.45, 2.75) is 24.7 Å². The Labute approximate surface area is 93.7 Å². The van der Waals surface area contributed by atoms with Crippen LogP contribution in [0.5, 0.6) is 0 Å². The molecule has 1 aromatic carbocycles. The molecule has 0 saturated heterocycles. The lowest BCUT2D eigenvalue weighted by Crippen LogP contribution is -2.38. The molecule has 1 nitrogen and oxygen atoms in total. The lowest BCUT2D eigenvalue weighted by atomic mass is 9.65. The zero-order valence-electron chi connectivity index (χ0n) is 7.76. The second kappa shape index (κ2) is 3.73. The number of hydrogen-bond acceptors (Lipinski definition) is 1. The highest BCUT2D eigenvalue weighted by atomic mass is 35.5. The molecule has 76 valence electrons. The van der Waals surface area contributed by atoms with Crippen molar-refractivity contribution >= 4 is 23.2 Å². The second-order valence-electron chi connectivity index (χ2n) is 3.92. The molecule has 0 bridgehead atoms. The van der Waals surface area contributed by atoms with E-state index in [1.165, 1.54) is 6.42 Å². The summed E-state index contributed by atoms with van der Waals surface area (Å²) in [4.78, 5) is 0. The minimum atomic E-state index is -0.0956. The molecule has 0 aliphatic heterocycles. The first kappa shape index (κ1) is 10.3. The Kier molecular flexibility index (Phi) is 2.74. The summed E-state index contributed by atoms with van der Waals surface area (Å²) in [5, 5.41) is 10.7. The number of hydrogen-bond donors (Lipinski definition) is 1. The van der Waals surface area contributed by atoms with Gasteiger partial charge in [-0.05, 0) is 30.5 Å². The van der Waals surface area contributed by atoms with E-state index in [1.54, 1.807) is 6.07 Å². The molecule has 0 radical (unpaired) electrons. The topological polar surface area (TPSA) is 20.2 Å². The summed E-state index contributed by atoms with van der Waals surface area (Å²) >= 11 is 11.9. The molecule has 1 aliphatic rings. The summed E-state index contributed by atoms with van der Waals surface area (Å²) in [6, 6.07) is 5.51. The van der Waals surface area contributed by atoms with Gasteiger partial charge in [-0.1, -0.05) is 35.7 Å². The Morgan fingerprint density at radius 1 is 1.29 bits per heavy atom. The number of rotatable bonds is 2. The number of aliphatic hydroxyl groups excluding tert-OH is 1. The van der Waals surface area contributed by atoms with Crippen molar-refractivity contribution in [3.8, 4) is 0 Å². The molecule has 0 atom stereocenters. The largest absolute Gasteiger partial charge is 0.395 e. The highest BCUT2D eigenvalue weighted by Crippen LogP contribution is 2.46. The predicted molar refractivity (Wildman–Crippen MR) is 59.1 cm³/mol. The SMILES string of the molecule is OCC1(c2ccc(Cl)cc2Cl)CCC1. The Morgan fingerprint density at radius 3 is 2.43 bits per heavy atom. The van der Waals surface area contributed by atoms with E-state index in [2.05, 4.69) is 0 Å². The summed E-state index contributed by atoms with van der Waals surface area (Å²) in [6.45, 7) is 0.175. The number of halogens is 2. The molecule has 1 fully saturated rings. The molecular weight excluding hydrogens is 219 g/mol. The maximum Gasteiger partial charge on any atom is 0.0528 e. The first-order chi connectivity index (χ1) is 6.68. The van der Waals surface area contributed by atoms with Crippen LogP contribution in [0.4, 0.5) is 0 Å². The van der Waals surface area contributed by atoms with Crippen LogP contribution in [0.15, 0.2) is 18.2 Å². The van der Waals surface area contributed by atoms with Gasteiger partial charge in [0.2, 0.25) is 0 Å². The van der Waals surface area contributed by atoms with Gasteiger partial charge in [-0.15, -0.1) is 0 Å². The average Bonchev–Trinajstić information content (AvgIpc) is 2.07. The average molecular weight is 231 g/mol. The van der Waals surface area contributed by atoms with E-state index < -0.39 is 0 Å². The van der Waals surface area contributed by atoms with Crippen LogP contribution in [0.1, 0.15) is 24.8 Å². The maximum atomic E-state index is 9.39. The van der Waals surface area contributed by atoms with E-state index in [-0.39, 0.29) is 12.0 Å². The third-order valence-corrected chi connectivity index (χ3v) is 3.66. The molecule has 3 heteroatoms. The fourth-order valence-electron chi connectivity index (χ4n) is 2.04. The first-order valence-corrected chi connectivity index (χ1v) is 5.50. The van der Waals surface area contributed by atoms with Crippen molar-refractivity contribution in [3.05, 3.63) is 33.8 Å². The Bertz CT molecular complexity index is 340. The molecule has 1 aliphatic carbocycles. The van der Waals surface area contributed by atoms with Crippen LogP contribution >= 0.6 is 23.2 Å². The van der Waals surface area contributed by atoms with E-state index >= 15 is 0 Å². The number of benzene rings is 1. The fourth-order valence-corrected chi connectivity index (χ4v) is 2.64. The van der Waals surface area contributed by atoms with Crippen LogP contribution in [-0.2, 0) is 5.41 Å². The van der Waals surface area contributed by atoms with Gasteiger partial charge in [0.1, 0.15) is 0 Å². The minimum absolute atomic E-state index is 0.0956. The lowest BCUT2D eigenvalue weighted by molar-refractivity contribution is 0.120. The smallest absolute Gasteiger partial charge is 0.0528 e. The summed E-state index contributed by atoms with van der Waals surface area (Å²) < 4.78 is 0. The molecule has 0 heterocycles. The van der Waals surface area contributed by atoms with Gasteiger partial charge in [0.05, 0.1) is 6.61 Å². The third-order valence-electron chi connectivity index (χ3n) is 3.12. The van der Waals surface area contributed by atoms with Gasteiger partial charge in [-0.3, -0.25) is 0 Å². The maximum absolute atomic E-state index is 9.39. The molecule has 1 aromatic rings. The molecule has 0 aromatic heterocycles. The van der Waals surface area contributed by atoms with Crippen molar-refractivity contribution in [1.29, 1.82) is 0 Å².